The number of nitrogens with two attached hydrogens (primary N) is 1. The van der Waals surface area contributed by atoms with E-state index in [1.165, 1.54) is 12.8 Å². The summed E-state index contributed by atoms with van der Waals surface area (Å²) in [5.41, 5.74) is 2.73. The molecule has 0 bridgehead atoms. The Labute approximate surface area is 86.4 Å². The molecule has 1 fully saturated rings. The van der Waals surface area contributed by atoms with E-state index in [1.807, 2.05) is 0 Å². The SMILES string of the molecule is CC1(C)CCCC(C(=O)NN)CCC1. The van der Waals surface area contributed by atoms with Gasteiger partial charge in [0, 0.05) is 5.92 Å². The molecule has 0 aromatic carbocycles. The summed E-state index contributed by atoms with van der Waals surface area (Å²) in [5, 5.41) is 0. The Hall–Kier alpha value is -0.570. The van der Waals surface area contributed by atoms with Crippen LogP contribution in [0.1, 0.15) is 52.4 Å². The van der Waals surface area contributed by atoms with Crippen LogP contribution < -0.4 is 11.3 Å². The molecule has 0 aliphatic heterocycles. The summed E-state index contributed by atoms with van der Waals surface area (Å²) >= 11 is 0. The molecule has 0 aromatic heterocycles. The van der Waals surface area contributed by atoms with Crippen molar-refractivity contribution in [1.82, 2.24) is 5.43 Å². The van der Waals surface area contributed by atoms with Crippen molar-refractivity contribution in [3.8, 4) is 0 Å². The smallest absolute Gasteiger partial charge is 0.236 e. The number of carbonyl (C=O) groups excluding carboxylic acids is 1. The molecule has 14 heavy (non-hydrogen) atoms. The average molecular weight is 198 g/mol. The van der Waals surface area contributed by atoms with Crippen molar-refractivity contribution >= 4 is 5.91 Å². The molecule has 3 N–H and O–H groups in total. The van der Waals surface area contributed by atoms with Crippen LogP contribution in [0.15, 0.2) is 0 Å². The van der Waals surface area contributed by atoms with Crippen LogP contribution in [0.25, 0.3) is 0 Å². The van der Waals surface area contributed by atoms with Crippen molar-refractivity contribution in [2.24, 2.45) is 17.2 Å². The maximum Gasteiger partial charge on any atom is 0.236 e. The second-order valence-corrected chi connectivity index (χ2v) is 5.15. The van der Waals surface area contributed by atoms with Crippen molar-refractivity contribution in [3.05, 3.63) is 0 Å². The van der Waals surface area contributed by atoms with Gasteiger partial charge in [-0.15, -0.1) is 0 Å². The van der Waals surface area contributed by atoms with Crippen LogP contribution in [0.2, 0.25) is 0 Å². The highest BCUT2D eigenvalue weighted by molar-refractivity contribution is 5.77. The largest absolute Gasteiger partial charge is 0.294 e. The van der Waals surface area contributed by atoms with E-state index >= 15 is 0 Å². The van der Waals surface area contributed by atoms with E-state index < -0.39 is 0 Å². The van der Waals surface area contributed by atoms with Gasteiger partial charge in [-0.05, 0) is 31.1 Å². The van der Waals surface area contributed by atoms with Crippen molar-refractivity contribution in [3.63, 3.8) is 0 Å². The molecule has 82 valence electrons. The molecule has 3 heteroatoms. The van der Waals surface area contributed by atoms with E-state index in [4.69, 9.17) is 5.84 Å². The van der Waals surface area contributed by atoms with Crippen molar-refractivity contribution in [2.75, 3.05) is 0 Å². The Morgan fingerprint density at radius 2 is 1.79 bits per heavy atom. The highest BCUT2D eigenvalue weighted by Gasteiger charge is 2.24. The average Bonchev–Trinajstić information content (AvgIpc) is 2.11. The molecular weight excluding hydrogens is 176 g/mol. The van der Waals surface area contributed by atoms with Gasteiger partial charge in [0.25, 0.3) is 0 Å². The van der Waals surface area contributed by atoms with Crippen molar-refractivity contribution < 1.29 is 4.79 Å². The minimum atomic E-state index is 0.0182. The number of hydrogen-bond acceptors (Lipinski definition) is 2. The lowest BCUT2D eigenvalue weighted by atomic mass is 9.77. The van der Waals surface area contributed by atoms with Gasteiger partial charge in [0.05, 0.1) is 0 Å². The predicted octanol–water partition coefficient (Wildman–Crippen LogP) is 1.97. The zero-order valence-corrected chi connectivity index (χ0v) is 9.31. The van der Waals surface area contributed by atoms with Gasteiger partial charge in [-0.1, -0.05) is 26.7 Å². The molecule has 1 rings (SSSR count). The first-order chi connectivity index (χ1) is 6.55. The lowest BCUT2D eigenvalue weighted by molar-refractivity contribution is -0.125. The third-order valence-electron chi connectivity index (χ3n) is 3.33. The Morgan fingerprint density at radius 3 is 2.21 bits per heavy atom. The fourth-order valence-electron chi connectivity index (χ4n) is 2.30. The zero-order chi connectivity index (χ0) is 10.6. The molecule has 0 radical (unpaired) electrons. The maximum absolute atomic E-state index is 11.4. The van der Waals surface area contributed by atoms with Crippen LogP contribution >= 0.6 is 0 Å². The Kier molecular flexibility index (Phi) is 3.93. The summed E-state index contributed by atoms with van der Waals surface area (Å²) in [4.78, 5) is 11.4. The van der Waals surface area contributed by atoms with Gasteiger partial charge in [0.15, 0.2) is 0 Å². The predicted molar refractivity (Wildman–Crippen MR) is 57.3 cm³/mol. The summed E-state index contributed by atoms with van der Waals surface area (Å²) in [6.07, 6.45) is 6.72. The van der Waals surface area contributed by atoms with Crippen LogP contribution in [0, 0.1) is 11.3 Å². The second-order valence-electron chi connectivity index (χ2n) is 5.15. The second kappa shape index (κ2) is 4.78. The van der Waals surface area contributed by atoms with Gasteiger partial charge >= 0.3 is 0 Å². The van der Waals surface area contributed by atoms with Gasteiger partial charge in [-0.2, -0.15) is 0 Å². The van der Waals surface area contributed by atoms with Gasteiger partial charge < -0.3 is 0 Å². The molecule has 1 amide bonds. The number of nitrogens with one attached hydrogen (secondary N) is 1. The quantitative estimate of drug-likeness (QED) is 0.384. The number of hydrogen-bond donors (Lipinski definition) is 2. The van der Waals surface area contributed by atoms with E-state index in [0.717, 1.165) is 25.7 Å². The number of carbonyl (C=O) groups is 1. The topological polar surface area (TPSA) is 55.1 Å². The third-order valence-corrected chi connectivity index (χ3v) is 3.33. The summed E-state index contributed by atoms with van der Waals surface area (Å²) < 4.78 is 0. The van der Waals surface area contributed by atoms with E-state index in [9.17, 15) is 4.79 Å². The molecular formula is C11H22N2O. The van der Waals surface area contributed by atoms with Crippen LogP contribution in [0.5, 0.6) is 0 Å². The number of amides is 1. The third kappa shape index (κ3) is 3.29. The lowest BCUT2D eigenvalue weighted by Crippen LogP contribution is -2.36. The fourth-order valence-corrected chi connectivity index (χ4v) is 2.30. The molecule has 3 nitrogen and oxygen atoms in total. The standard InChI is InChI=1S/C11H22N2O/c1-11(2)7-3-5-9(6-4-8-11)10(14)13-12/h9H,3-8,12H2,1-2H3,(H,13,14). The van der Waals surface area contributed by atoms with E-state index in [2.05, 4.69) is 19.3 Å². The maximum atomic E-state index is 11.4. The number of hydrazine groups is 1. The van der Waals surface area contributed by atoms with Crippen LogP contribution in [-0.2, 0) is 4.79 Å². The Bertz CT molecular complexity index is 189. The highest BCUT2D eigenvalue weighted by atomic mass is 16.2. The Balaban J connectivity index is 2.44. The van der Waals surface area contributed by atoms with Gasteiger partial charge in [-0.3, -0.25) is 10.2 Å². The molecule has 0 heterocycles. The van der Waals surface area contributed by atoms with Gasteiger partial charge in [0.1, 0.15) is 0 Å². The summed E-state index contributed by atoms with van der Waals surface area (Å²) in [6.45, 7) is 4.63. The van der Waals surface area contributed by atoms with Crippen molar-refractivity contribution in [2.45, 2.75) is 52.4 Å². The van der Waals surface area contributed by atoms with E-state index in [0.29, 0.717) is 5.41 Å². The molecule has 1 aliphatic rings. The lowest BCUT2D eigenvalue weighted by Gasteiger charge is -2.29. The molecule has 1 aliphatic carbocycles. The minimum absolute atomic E-state index is 0.0182. The van der Waals surface area contributed by atoms with Crippen LogP contribution in [-0.4, -0.2) is 5.91 Å². The first kappa shape index (κ1) is 11.5. The highest BCUT2D eigenvalue weighted by Crippen LogP contribution is 2.34. The monoisotopic (exact) mass is 198 g/mol. The van der Waals surface area contributed by atoms with E-state index in [-0.39, 0.29) is 11.8 Å². The molecule has 0 atom stereocenters. The van der Waals surface area contributed by atoms with Gasteiger partial charge in [0.2, 0.25) is 5.91 Å². The van der Waals surface area contributed by atoms with Crippen LogP contribution in [0.3, 0.4) is 0 Å². The van der Waals surface area contributed by atoms with Gasteiger partial charge in [-0.25, -0.2) is 5.84 Å². The first-order valence-corrected chi connectivity index (χ1v) is 5.56. The normalized spacial score (nSPS) is 23.6. The molecule has 0 saturated heterocycles. The van der Waals surface area contributed by atoms with Crippen molar-refractivity contribution in [1.29, 1.82) is 0 Å². The fraction of sp³-hybridized carbons (Fsp3) is 0.909. The molecule has 0 unspecified atom stereocenters. The zero-order valence-electron chi connectivity index (χ0n) is 9.31. The first-order valence-electron chi connectivity index (χ1n) is 5.56. The van der Waals surface area contributed by atoms with Crippen LogP contribution in [0.4, 0.5) is 0 Å². The van der Waals surface area contributed by atoms with E-state index in [1.54, 1.807) is 0 Å². The summed E-state index contributed by atoms with van der Waals surface area (Å²) in [5.74, 6) is 5.31. The summed E-state index contributed by atoms with van der Waals surface area (Å²) in [7, 11) is 0. The molecule has 1 saturated carbocycles. The number of rotatable bonds is 1. The Morgan fingerprint density at radius 1 is 1.29 bits per heavy atom. The molecule has 0 aromatic rings. The minimum Gasteiger partial charge on any atom is -0.294 e. The molecule has 0 spiro atoms. The summed E-state index contributed by atoms with van der Waals surface area (Å²) in [6, 6.07) is 0.